The molecule has 4 nitrogen and oxygen atoms in total. The van der Waals surface area contributed by atoms with Gasteiger partial charge in [0.2, 0.25) is 0 Å². The van der Waals surface area contributed by atoms with Crippen LogP contribution in [0.2, 0.25) is 18.1 Å². The van der Waals surface area contributed by atoms with Crippen LogP contribution in [0.15, 0.2) is 48.5 Å². The number of hydrogen-bond donors (Lipinski definition) is 0. The number of aryl methyl sites for hydroxylation is 2. The zero-order chi connectivity index (χ0) is 25.6. The molecular weight excluding hydrogens is 450 g/mol. The Bertz CT molecular complexity index is 1020. The Morgan fingerprint density at radius 1 is 1.11 bits per heavy atom. The molecular formula is C30H43NO3Si. The first-order chi connectivity index (χ1) is 16.5. The molecule has 0 aromatic heterocycles. The van der Waals surface area contributed by atoms with E-state index in [0.717, 1.165) is 44.5 Å². The minimum absolute atomic E-state index is 0.216. The zero-order valence-corrected chi connectivity index (χ0v) is 23.7. The summed E-state index contributed by atoms with van der Waals surface area (Å²) in [7, 11) is -0.375. The van der Waals surface area contributed by atoms with Gasteiger partial charge in [-0.2, -0.15) is 0 Å². The third-order valence-corrected chi connectivity index (χ3v) is 12.3. The van der Waals surface area contributed by atoms with Gasteiger partial charge in [0.05, 0.1) is 7.11 Å². The number of hydrogen-bond acceptors (Lipinski definition) is 4. The number of methoxy groups -OCH3 is 1. The predicted octanol–water partition coefficient (Wildman–Crippen LogP) is 6.74. The summed E-state index contributed by atoms with van der Waals surface area (Å²) in [6, 6.07) is 15.9. The Kier molecular flexibility index (Phi) is 9.14. The van der Waals surface area contributed by atoms with Crippen molar-refractivity contribution >= 4 is 20.4 Å². The summed E-state index contributed by atoms with van der Waals surface area (Å²) in [5.74, 6) is -0.326. The first-order valence-electron chi connectivity index (χ1n) is 12.8. The molecule has 0 aliphatic heterocycles. The first kappa shape index (κ1) is 27.4. The van der Waals surface area contributed by atoms with Crippen molar-refractivity contribution in [3.05, 3.63) is 76.4 Å². The lowest BCUT2D eigenvalue weighted by molar-refractivity contribution is -0.134. The van der Waals surface area contributed by atoms with Gasteiger partial charge in [0.25, 0.3) is 0 Å². The quantitative estimate of drug-likeness (QED) is 0.209. The van der Waals surface area contributed by atoms with Crippen molar-refractivity contribution in [3.63, 3.8) is 0 Å². The minimum Gasteiger partial charge on any atom is -0.466 e. The molecule has 0 saturated heterocycles. The van der Waals surface area contributed by atoms with E-state index >= 15 is 0 Å². The first-order valence-corrected chi connectivity index (χ1v) is 15.7. The summed E-state index contributed by atoms with van der Waals surface area (Å²) in [5, 5.41) is 0.216. The highest BCUT2D eigenvalue weighted by Crippen LogP contribution is 2.38. The highest BCUT2D eigenvalue weighted by Gasteiger charge is 2.37. The summed E-state index contributed by atoms with van der Waals surface area (Å²) < 4.78 is 11.3. The van der Waals surface area contributed by atoms with Crippen molar-refractivity contribution < 1.29 is 14.0 Å². The van der Waals surface area contributed by atoms with Crippen LogP contribution < -0.4 is 0 Å². The highest BCUT2D eigenvalue weighted by molar-refractivity contribution is 6.74. The van der Waals surface area contributed by atoms with Crippen molar-refractivity contribution in [2.45, 2.75) is 71.1 Å². The van der Waals surface area contributed by atoms with Crippen molar-refractivity contribution in [3.8, 4) is 0 Å². The van der Waals surface area contributed by atoms with Crippen LogP contribution in [-0.4, -0.2) is 46.0 Å². The van der Waals surface area contributed by atoms with Crippen LogP contribution >= 0.6 is 0 Å². The Morgan fingerprint density at radius 3 is 2.49 bits per heavy atom. The van der Waals surface area contributed by atoms with E-state index < -0.39 is 8.32 Å². The average Bonchev–Trinajstić information content (AvgIpc) is 3.23. The number of esters is 1. The summed E-state index contributed by atoms with van der Waals surface area (Å²) in [6.07, 6.45) is 6.53. The summed E-state index contributed by atoms with van der Waals surface area (Å²) in [4.78, 5) is 14.1. The maximum absolute atomic E-state index is 11.5. The van der Waals surface area contributed by atoms with Gasteiger partial charge in [-0.1, -0.05) is 68.8 Å². The average molecular weight is 494 g/mol. The Morgan fingerprint density at radius 2 is 1.83 bits per heavy atom. The lowest BCUT2D eigenvalue weighted by Crippen LogP contribution is -2.43. The molecule has 0 N–H and O–H groups in total. The Hall–Kier alpha value is -2.21. The fourth-order valence-electron chi connectivity index (χ4n) is 4.42. The molecule has 0 bridgehead atoms. The third kappa shape index (κ3) is 7.39. The molecule has 190 valence electrons. The van der Waals surface area contributed by atoms with E-state index in [1.54, 1.807) is 0 Å². The number of ether oxygens (including phenoxy) is 1. The topological polar surface area (TPSA) is 38.8 Å². The van der Waals surface area contributed by atoms with Crippen LogP contribution in [0.5, 0.6) is 0 Å². The molecule has 0 fully saturated rings. The van der Waals surface area contributed by atoms with E-state index in [1.807, 2.05) is 6.08 Å². The van der Waals surface area contributed by atoms with Gasteiger partial charge in [0.1, 0.15) is 0 Å². The van der Waals surface area contributed by atoms with Crippen LogP contribution in [0, 0.1) is 6.92 Å². The van der Waals surface area contributed by atoms with E-state index in [2.05, 4.69) is 88.2 Å². The van der Waals surface area contributed by atoms with Crippen molar-refractivity contribution in [1.29, 1.82) is 0 Å². The second kappa shape index (κ2) is 11.7. The van der Waals surface area contributed by atoms with Gasteiger partial charge in [-0.25, -0.2) is 4.79 Å². The van der Waals surface area contributed by atoms with E-state index in [0.29, 0.717) is 6.04 Å². The van der Waals surface area contributed by atoms with Gasteiger partial charge in [-0.15, -0.1) is 0 Å². The van der Waals surface area contributed by atoms with Crippen molar-refractivity contribution in [2.75, 3.05) is 26.8 Å². The van der Waals surface area contributed by atoms with Crippen LogP contribution in [0.3, 0.4) is 0 Å². The van der Waals surface area contributed by atoms with Gasteiger partial charge in [-0.3, -0.25) is 4.90 Å². The summed E-state index contributed by atoms with van der Waals surface area (Å²) >= 11 is 0. The second-order valence-corrected chi connectivity index (χ2v) is 16.1. The molecule has 0 heterocycles. The molecule has 0 spiro atoms. The lowest BCUT2D eigenvalue weighted by atomic mass is 10.0. The molecule has 1 unspecified atom stereocenters. The second-order valence-electron chi connectivity index (χ2n) is 11.2. The number of carbonyl (C=O) groups excluding carboxylic acids is 1. The van der Waals surface area contributed by atoms with Crippen molar-refractivity contribution in [2.24, 2.45) is 0 Å². The summed E-state index contributed by atoms with van der Waals surface area (Å²) in [6.45, 7) is 16.4. The van der Waals surface area contributed by atoms with Gasteiger partial charge < -0.3 is 9.16 Å². The van der Waals surface area contributed by atoms with E-state index in [9.17, 15) is 4.79 Å². The lowest BCUT2D eigenvalue weighted by Gasteiger charge is -2.37. The van der Waals surface area contributed by atoms with Gasteiger partial charge in [-0.05, 0) is 72.6 Å². The van der Waals surface area contributed by atoms with Gasteiger partial charge in [0.15, 0.2) is 8.32 Å². The maximum atomic E-state index is 11.5. The standard InChI is InChI=1S/C30H43NO3Si/c1-23-8-10-24(11-9-23)18-19-31(20-21-34-35(6,7)30(2,3)4)28-16-14-26-22-25(12-15-27(26)28)13-17-29(32)33-5/h8-13,15,17,22,28H,14,16,18-21H2,1-7H3. The fourth-order valence-corrected chi connectivity index (χ4v) is 5.45. The van der Waals surface area contributed by atoms with Gasteiger partial charge >= 0.3 is 5.97 Å². The maximum Gasteiger partial charge on any atom is 0.330 e. The fraction of sp³-hybridized carbons (Fsp3) is 0.500. The molecule has 0 saturated carbocycles. The number of benzene rings is 2. The molecule has 1 atom stereocenters. The third-order valence-electron chi connectivity index (χ3n) is 7.72. The molecule has 1 aliphatic rings. The van der Waals surface area contributed by atoms with Gasteiger partial charge in [0, 0.05) is 31.8 Å². The normalized spacial score (nSPS) is 16.2. The molecule has 0 amide bonds. The summed E-state index contributed by atoms with van der Waals surface area (Å²) in [5.41, 5.74) is 6.52. The predicted molar refractivity (Wildman–Crippen MR) is 148 cm³/mol. The highest BCUT2D eigenvalue weighted by atomic mass is 28.4. The molecule has 2 aromatic carbocycles. The molecule has 2 aromatic rings. The number of rotatable bonds is 10. The van der Waals surface area contributed by atoms with E-state index in [4.69, 9.17) is 9.16 Å². The Labute approximate surface area is 213 Å². The smallest absolute Gasteiger partial charge is 0.330 e. The number of nitrogens with zero attached hydrogens (tertiary/aromatic N) is 1. The molecule has 0 radical (unpaired) electrons. The van der Waals surface area contributed by atoms with Crippen LogP contribution in [0.25, 0.3) is 6.08 Å². The Balaban J connectivity index is 1.75. The molecule has 5 heteroatoms. The largest absolute Gasteiger partial charge is 0.466 e. The minimum atomic E-state index is -1.78. The number of carbonyl (C=O) groups is 1. The SMILES string of the molecule is COC(=O)C=Cc1ccc2c(c1)CCC2N(CCO[Si](C)(C)C(C)(C)C)CCc1ccc(C)cc1. The van der Waals surface area contributed by atoms with Crippen LogP contribution in [0.1, 0.15) is 61.1 Å². The monoisotopic (exact) mass is 493 g/mol. The number of fused-ring (bicyclic) bond motifs is 1. The van der Waals surface area contributed by atoms with E-state index in [1.165, 1.54) is 35.4 Å². The van der Waals surface area contributed by atoms with Crippen LogP contribution in [0.4, 0.5) is 0 Å². The van der Waals surface area contributed by atoms with E-state index in [-0.39, 0.29) is 11.0 Å². The molecule has 3 rings (SSSR count). The zero-order valence-electron chi connectivity index (χ0n) is 22.7. The van der Waals surface area contributed by atoms with Crippen LogP contribution in [-0.2, 0) is 26.8 Å². The van der Waals surface area contributed by atoms with Crippen molar-refractivity contribution in [1.82, 2.24) is 4.90 Å². The molecule has 1 aliphatic carbocycles. The molecule has 35 heavy (non-hydrogen) atoms.